The van der Waals surface area contributed by atoms with E-state index in [1.807, 2.05) is 0 Å². The first-order valence-corrected chi connectivity index (χ1v) is 10.5. The molecule has 0 saturated heterocycles. The van der Waals surface area contributed by atoms with Crippen LogP contribution in [0, 0.1) is 33.8 Å². The van der Waals surface area contributed by atoms with Gasteiger partial charge in [0.25, 0.3) is 6.20 Å². The Kier molecular flexibility index (Phi) is 5.13. The van der Waals surface area contributed by atoms with Crippen LogP contribution in [0.1, 0.15) is 24.4 Å². The Bertz CT molecular complexity index is 678. The zero-order valence-corrected chi connectivity index (χ0v) is 15.8. The maximum atomic E-state index is 10.4. The van der Waals surface area contributed by atoms with Gasteiger partial charge in [-0.2, -0.15) is 11.8 Å². The molecule has 0 radical (unpaired) electrons. The van der Waals surface area contributed by atoms with Gasteiger partial charge in [-0.3, -0.25) is 10.1 Å². The standard InChI is InChI=1S/C18H26N4O3S/c1-19-16(9-22(23)24)20-4-5-26-10-13-3-2-12(25-13)8-21-18-11-6-14-15(7-11)17(14)18/h2-3,9,11,14-15,17-21H,4-8,10H2,1H3/b16-9-/t11?,14-,15?,17?,18?/m1/s1. The van der Waals surface area contributed by atoms with Crippen LogP contribution in [0.3, 0.4) is 0 Å². The topological polar surface area (TPSA) is 92.4 Å². The number of hydrogen-bond acceptors (Lipinski definition) is 7. The lowest BCUT2D eigenvalue weighted by Gasteiger charge is -2.15. The van der Waals surface area contributed by atoms with E-state index in [9.17, 15) is 10.1 Å². The number of nitrogens with zero attached hydrogens (tertiary/aromatic N) is 1. The molecule has 0 aliphatic heterocycles. The van der Waals surface area contributed by atoms with Crippen molar-refractivity contribution in [1.82, 2.24) is 16.0 Å². The maximum Gasteiger partial charge on any atom is 0.274 e. The summed E-state index contributed by atoms with van der Waals surface area (Å²) in [7, 11) is 1.66. The number of nitrogens with one attached hydrogen (secondary N) is 3. The van der Waals surface area contributed by atoms with Crippen LogP contribution in [0.5, 0.6) is 0 Å². The number of thioether (sulfide) groups is 1. The molecule has 0 aromatic carbocycles. The third-order valence-electron chi connectivity index (χ3n) is 6.01. The summed E-state index contributed by atoms with van der Waals surface area (Å²) in [6.45, 7) is 1.49. The summed E-state index contributed by atoms with van der Waals surface area (Å²) in [5.74, 6) is 8.05. The van der Waals surface area contributed by atoms with Crippen LogP contribution in [0.4, 0.5) is 0 Å². The number of furan rings is 1. The number of hydrogen-bond donors (Lipinski definition) is 3. The molecule has 26 heavy (non-hydrogen) atoms. The Morgan fingerprint density at radius 2 is 2.15 bits per heavy atom. The summed E-state index contributed by atoms with van der Waals surface area (Å²) >= 11 is 1.75. The van der Waals surface area contributed by atoms with E-state index in [1.165, 1.54) is 12.8 Å². The summed E-state index contributed by atoms with van der Waals surface area (Å²) in [5.41, 5.74) is 0. The van der Waals surface area contributed by atoms with Gasteiger partial charge in [-0.1, -0.05) is 0 Å². The van der Waals surface area contributed by atoms with Gasteiger partial charge < -0.3 is 20.4 Å². The molecule has 1 aromatic heterocycles. The molecule has 5 rings (SSSR count). The lowest BCUT2D eigenvalue weighted by molar-refractivity contribution is -0.404. The van der Waals surface area contributed by atoms with Gasteiger partial charge in [-0.05, 0) is 48.6 Å². The molecule has 4 bridgehead atoms. The highest BCUT2D eigenvalue weighted by Gasteiger charge is 2.68. The lowest BCUT2D eigenvalue weighted by atomic mass is 10.1. The highest BCUT2D eigenvalue weighted by Crippen LogP contribution is 2.70. The molecule has 1 aromatic rings. The van der Waals surface area contributed by atoms with Crippen LogP contribution >= 0.6 is 11.8 Å². The van der Waals surface area contributed by atoms with Gasteiger partial charge in [0, 0.05) is 25.4 Å². The second-order valence-electron chi connectivity index (χ2n) is 7.47. The van der Waals surface area contributed by atoms with E-state index in [-0.39, 0.29) is 0 Å². The van der Waals surface area contributed by atoms with E-state index in [2.05, 4.69) is 28.1 Å². The predicted molar refractivity (Wildman–Crippen MR) is 101 cm³/mol. The van der Waals surface area contributed by atoms with Gasteiger partial charge in [0.05, 0.1) is 17.2 Å². The number of nitro groups is 1. The molecule has 0 spiro atoms. The summed E-state index contributed by atoms with van der Waals surface area (Å²) in [4.78, 5) is 9.98. The van der Waals surface area contributed by atoms with Crippen molar-refractivity contribution in [1.29, 1.82) is 0 Å². The van der Waals surface area contributed by atoms with E-state index in [4.69, 9.17) is 4.42 Å². The predicted octanol–water partition coefficient (Wildman–Crippen LogP) is 2.14. The lowest BCUT2D eigenvalue weighted by Crippen LogP contribution is -2.31. The molecule has 142 valence electrons. The highest BCUT2D eigenvalue weighted by atomic mass is 32.2. The summed E-state index contributed by atoms with van der Waals surface area (Å²) in [6.07, 6.45) is 3.84. The minimum Gasteiger partial charge on any atom is -0.464 e. The molecule has 4 unspecified atom stereocenters. The molecule has 4 fully saturated rings. The van der Waals surface area contributed by atoms with Crippen molar-refractivity contribution in [3.8, 4) is 0 Å². The third-order valence-corrected chi connectivity index (χ3v) is 6.99. The molecule has 7 nitrogen and oxygen atoms in total. The molecule has 5 atom stereocenters. The van der Waals surface area contributed by atoms with Gasteiger partial charge in [-0.15, -0.1) is 0 Å². The quantitative estimate of drug-likeness (QED) is 0.309. The third kappa shape index (κ3) is 3.71. The summed E-state index contributed by atoms with van der Waals surface area (Å²) in [6, 6.07) is 4.86. The normalized spacial score (nSPS) is 31.3. The number of rotatable bonds is 11. The molecule has 3 N–H and O–H groups in total. The molecule has 4 aliphatic carbocycles. The van der Waals surface area contributed by atoms with E-state index >= 15 is 0 Å². The fraction of sp³-hybridized carbons (Fsp3) is 0.667. The Labute approximate surface area is 157 Å². The van der Waals surface area contributed by atoms with Gasteiger partial charge >= 0.3 is 0 Å². The van der Waals surface area contributed by atoms with E-state index in [0.717, 1.165) is 65.5 Å². The van der Waals surface area contributed by atoms with Crippen LogP contribution in [0.25, 0.3) is 0 Å². The Hall–Kier alpha value is -1.67. The van der Waals surface area contributed by atoms with Gasteiger partial charge in [-0.25, -0.2) is 0 Å². The minimum absolute atomic E-state index is 0.421. The second kappa shape index (κ2) is 7.52. The highest BCUT2D eigenvalue weighted by molar-refractivity contribution is 7.98. The smallest absolute Gasteiger partial charge is 0.274 e. The van der Waals surface area contributed by atoms with Crippen LogP contribution < -0.4 is 16.0 Å². The SMILES string of the molecule is CN/C(=C/[N+](=O)[O-])NCCSCc1ccc(CNC2C3CC4C2[C@@H]4C3)o1. The van der Waals surface area contributed by atoms with E-state index in [0.29, 0.717) is 12.4 Å². The average Bonchev–Trinajstić information content (AvgIpc) is 3.13. The first-order chi connectivity index (χ1) is 12.7. The minimum atomic E-state index is -0.470. The summed E-state index contributed by atoms with van der Waals surface area (Å²) < 4.78 is 5.93. The van der Waals surface area contributed by atoms with E-state index < -0.39 is 4.92 Å². The van der Waals surface area contributed by atoms with Gasteiger partial charge in [0.15, 0.2) is 5.82 Å². The van der Waals surface area contributed by atoms with Crippen molar-refractivity contribution in [2.75, 3.05) is 19.3 Å². The zero-order chi connectivity index (χ0) is 18.1. The van der Waals surface area contributed by atoms with Crippen molar-refractivity contribution < 1.29 is 9.34 Å². The van der Waals surface area contributed by atoms with Crippen molar-refractivity contribution in [2.24, 2.45) is 23.7 Å². The van der Waals surface area contributed by atoms with Crippen molar-refractivity contribution >= 4 is 11.8 Å². The fourth-order valence-corrected chi connectivity index (χ4v) is 5.67. The van der Waals surface area contributed by atoms with Crippen molar-refractivity contribution in [3.63, 3.8) is 0 Å². The molecule has 4 aliphatic rings. The second-order valence-corrected chi connectivity index (χ2v) is 8.57. The molecule has 8 heteroatoms. The van der Waals surface area contributed by atoms with Gasteiger partial charge in [0.2, 0.25) is 0 Å². The van der Waals surface area contributed by atoms with Crippen LogP contribution in [0.2, 0.25) is 0 Å². The molecular weight excluding hydrogens is 352 g/mol. The Morgan fingerprint density at radius 1 is 1.38 bits per heavy atom. The van der Waals surface area contributed by atoms with Crippen molar-refractivity contribution in [3.05, 3.63) is 45.8 Å². The largest absolute Gasteiger partial charge is 0.464 e. The molecule has 1 heterocycles. The monoisotopic (exact) mass is 378 g/mol. The molecular formula is C18H26N4O3S. The Morgan fingerprint density at radius 3 is 2.81 bits per heavy atom. The fourth-order valence-electron chi connectivity index (χ4n) is 4.92. The van der Waals surface area contributed by atoms with Crippen LogP contribution in [-0.2, 0) is 12.3 Å². The Balaban J connectivity index is 1.12. The van der Waals surface area contributed by atoms with Crippen molar-refractivity contribution in [2.45, 2.75) is 31.2 Å². The maximum absolute atomic E-state index is 10.4. The van der Waals surface area contributed by atoms with Crippen LogP contribution in [0.15, 0.2) is 28.6 Å². The zero-order valence-electron chi connectivity index (χ0n) is 14.9. The van der Waals surface area contributed by atoms with Crippen LogP contribution in [-0.4, -0.2) is 30.3 Å². The first-order valence-electron chi connectivity index (χ1n) is 9.31. The molecule has 0 amide bonds. The molecule has 4 saturated carbocycles. The average molecular weight is 378 g/mol. The van der Waals surface area contributed by atoms with Gasteiger partial charge in [0.1, 0.15) is 11.5 Å². The first kappa shape index (κ1) is 17.7. The van der Waals surface area contributed by atoms with E-state index in [1.54, 1.807) is 18.8 Å². The summed E-state index contributed by atoms with van der Waals surface area (Å²) in [5, 5.41) is 20.0.